The molecule has 0 bridgehead atoms. The van der Waals surface area contributed by atoms with Crippen molar-refractivity contribution in [2.24, 2.45) is 3.95 Å². The van der Waals surface area contributed by atoms with Gasteiger partial charge < -0.3 is 0 Å². The van der Waals surface area contributed by atoms with Crippen molar-refractivity contribution in [3.63, 3.8) is 0 Å². The Morgan fingerprint density at radius 3 is 2.60 bits per heavy atom. The normalized spacial score (nSPS) is 9.00. The van der Waals surface area contributed by atoms with Crippen molar-refractivity contribution in [3.8, 4) is 0 Å². The molecule has 0 heterocycles. The molecule has 34 valence electrons. The molecule has 0 saturated carbocycles. The maximum absolute atomic E-state index is 6.62. The first-order valence-corrected chi connectivity index (χ1v) is 8.94. The van der Waals surface area contributed by atoms with E-state index in [1.54, 1.807) is 6.10 Å². The van der Waals surface area contributed by atoms with Crippen LogP contribution in [0.1, 0.15) is 0 Å². The van der Waals surface area contributed by atoms with E-state index < -0.39 is 0 Å². The molecule has 0 atom stereocenters. The molecule has 0 saturated heterocycles. The Morgan fingerprint density at radius 1 is 2.00 bits per heavy atom. The van der Waals surface area contributed by atoms with E-state index in [0.29, 0.717) is 0 Å². The quantitative estimate of drug-likeness (QED) is 0.469. The summed E-state index contributed by atoms with van der Waals surface area (Å²) in [4.78, 5) is 0. The molecule has 0 aromatic heterocycles. The predicted octanol–water partition coefficient (Wildman–Crippen LogP) is -1.75. The second-order valence-corrected chi connectivity index (χ2v) is 11.2. The molecule has 5 heavy (non-hydrogen) atoms. The van der Waals surface area contributed by atoms with Crippen molar-refractivity contribution >= 4 is 25.8 Å². The molecule has 3 N–H and O–H groups in total. The first kappa shape index (κ1) is 6.57. The minimum atomic E-state index is -0.302. The van der Waals surface area contributed by atoms with Crippen molar-refractivity contribution in [3.05, 3.63) is 0 Å². The number of halogens is 2. The van der Waals surface area contributed by atoms with Gasteiger partial charge in [-0.15, -0.1) is 0 Å². The van der Waals surface area contributed by atoms with Gasteiger partial charge in [0.1, 0.15) is 0 Å². The molecule has 0 amide bonds. The van der Waals surface area contributed by atoms with Crippen LogP contribution in [0.3, 0.4) is 0 Å². The van der Waals surface area contributed by atoms with E-state index in [-0.39, 0.29) is 39.7 Å². The van der Waals surface area contributed by atoms with Crippen LogP contribution in [0.25, 0.3) is 0 Å². The number of hydrogen-bond donors (Lipinski definition) is 2. The molecule has 0 radical (unpaired) electrons. The molecule has 0 fully saturated rings. The average Bonchev–Trinajstić information content (AvgIpc) is 1.41. The van der Waals surface area contributed by atoms with Crippen LogP contribution in [-0.2, 0) is 0 Å². The molecule has 0 unspecified atom stereocenters. The second kappa shape index (κ2) is 5.57. The summed E-state index contributed by atoms with van der Waals surface area (Å²) < 4.78 is 11.7. The van der Waals surface area contributed by atoms with Gasteiger partial charge in [0.25, 0.3) is 0 Å². The molecule has 5 heteroatoms. The van der Waals surface area contributed by atoms with Gasteiger partial charge in [0, 0.05) is 0 Å². The van der Waals surface area contributed by atoms with Gasteiger partial charge in [-0.2, -0.15) is 0 Å². The fourth-order valence-corrected chi connectivity index (χ4v) is 2.27. The molecule has 0 aromatic carbocycles. The first-order chi connectivity index (χ1) is 2.41. The molecule has 0 rings (SSSR count). The molecule has 2 nitrogen and oxygen atoms in total. The molecule has 0 aliphatic carbocycles. The van der Waals surface area contributed by atoms with Gasteiger partial charge in [-0.05, 0) is 0 Å². The summed E-state index contributed by atoms with van der Waals surface area (Å²) in [5.41, 5.74) is 0. The van der Waals surface area contributed by atoms with Crippen molar-refractivity contribution in [2.75, 3.05) is 0 Å². The van der Waals surface area contributed by atoms with Crippen LogP contribution in [0.4, 0.5) is 0 Å². The Hall–Kier alpha value is 1.57. The molecular formula is H3I2N2S-. The third-order valence-corrected chi connectivity index (χ3v) is 8.48. The zero-order chi connectivity index (χ0) is 4.12. The second-order valence-electron chi connectivity index (χ2n) is 0.225. The van der Waals surface area contributed by atoms with Crippen molar-refractivity contribution in [2.45, 2.75) is 0 Å². The van der Waals surface area contributed by atoms with Crippen molar-refractivity contribution in [1.82, 2.24) is 0 Å². The van der Waals surface area contributed by atoms with E-state index in [0.717, 1.165) is 0 Å². The van der Waals surface area contributed by atoms with E-state index in [1.165, 1.54) is 0 Å². The summed E-state index contributed by atoms with van der Waals surface area (Å²) in [7, 11) is 0. The van der Waals surface area contributed by atoms with Crippen molar-refractivity contribution in [1.29, 1.82) is 3.56 Å². The Labute approximate surface area is 52.7 Å². The molecule has 0 spiro atoms. The van der Waals surface area contributed by atoms with Crippen LogP contribution in [0.2, 0.25) is 0 Å². The summed E-state index contributed by atoms with van der Waals surface area (Å²) >= 11 is -0.417. The first-order valence-electron chi connectivity index (χ1n) is 0.716. The topological polar surface area (TPSA) is 49.9 Å². The third kappa shape index (κ3) is 5.57. The van der Waals surface area contributed by atoms with E-state index in [9.17, 15) is 0 Å². The minimum absolute atomic E-state index is 0.115. The Balaban J connectivity index is 2.40. The Bertz CT molecular complexity index is 28.8. The fraction of sp³-hybridized carbons (Fsp3) is 0. The molecule has 0 aliphatic heterocycles. The van der Waals surface area contributed by atoms with Crippen LogP contribution in [0, 0.1) is 3.56 Å². The number of rotatable bonds is 2. The van der Waals surface area contributed by atoms with Gasteiger partial charge in [-0.3, -0.25) is 0 Å². The van der Waals surface area contributed by atoms with Crippen LogP contribution >= 0.6 is 25.8 Å². The Morgan fingerprint density at radius 2 is 2.60 bits per heavy atom. The van der Waals surface area contributed by atoms with E-state index in [4.69, 9.17) is 7.51 Å². The van der Waals surface area contributed by atoms with Crippen LogP contribution in [0.15, 0.2) is 0 Å². The van der Waals surface area contributed by atoms with Crippen LogP contribution in [0.5, 0.6) is 0 Å². The van der Waals surface area contributed by atoms with Gasteiger partial charge in [0.15, 0.2) is 0 Å². The van der Waals surface area contributed by atoms with Gasteiger partial charge in [-0.1, -0.05) is 0 Å². The monoisotopic (exact) mass is 317 g/mol. The van der Waals surface area contributed by atoms with Gasteiger partial charge in [-0.25, -0.2) is 0 Å². The predicted molar refractivity (Wildman–Crippen MR) is 28.5 cm³/mol. The number of hydrogen-bond acceptors (Lipinski definition) is 3. The zero-order valence-corrected chi connectivity index (χ0v) is 7.37. The van der Waals surface area contributed by atoms with Gasteiger partial charge in [0.2, 0.25) is 0 Å². The standard InChI is InChI=1S/H3I2N2S/c3-1-5-2-4/h3H,4H2/q-1. The van der Waals surface area contributed by atoms with E-state index >= 15 is 0 Å². The van der Waals surface area contributed by atoms with Crippen LogP contribution < -0.4 is 24.0 Å². The van der Waals surface area contributed by atoms with E-state index in [2.05, 4.69) is 0 Å². The number of nitrogens with one attached hydrogen (secondary N) is 1. The summed E-state index contributed by atoms with van der Waals surface area (Å²) in [6, 6.07) is 0. The zero-order valence-electron chi connectivity index (χ0n) is 2.24. The summed E-state index contributed by atoms with van der Waals surface area (Å²) in [5, 5.41) is 0. The summed E-state index contributed by atoms with van der Waals surface area (Å²) in [6.07, 6.45) is 1.63. The molecule has 0 aliphatic rings. The molecular weight excluding hydrogens is 314 g/mol. The Kier molecular flexibility index (Phi) is 7.32. The van der Waals surface area contributed by atoms with Crippen molar-refractivity contribution < 1.29 is 20.1 Å². The summed E-state index contributed by atoms with van der Waals surface area (Å²) in [5.74, 6) is 0. The van der Waals surface area contributed by atoms with Gasteiger partial charge >= 0.3 is 53.4 Å². The van der Waals surface area contributed by atoms with Gasteiger partial charge in [0.05, 0.1) is 0 Å². The third-order valence-electron chi connectivity index (χ3n) is 0.0628. The van der Waals surface area contributed by atoms with Crippen LogP contribution in [-0.4, -0.2) is 0 Å². The average molecular weight is 317 g/mol. The van der Waals surface area contributed by atoms with E-state index in [1.807, 2.05) is 0 Å². The molecule has 0 aromatic rings. The fourth-order valence-electron chi connectivity index (χ4n) is 0.0168. The SMILES string of the molecule is N=IS[I-]N. The maximum atomic E-state index is 6.62. The number of nitrogens with two attached hydrogens (primary N) is 1. The summed E-state index contributed by atoms with van der Waals surface area (Å²) in [6.45, 7) is 0.